The lowest BCUT2D eigenvalue weighted by Crippen LogP contribution is -2.07. The molecule has 0 saturated carbocycles. The van der Waals surface area contributed by atoms with Crippen LogP contribution in [-0.4, -0.2) is 19.7 Å². The third-order valence-electron chi connectivity index (χ3n) is 2.41. The number of aromatic nitrogens is 4. The van der Waals surface area contributed by atoms with Gasteiger partial charge in [-0.1, -0.05) is 13.8 Å². The van der Waals surface area contributed by atoms with Crippen LogP contribution in [0.4, 0.5) is 5.82 Å². The van der Waals surface area contributed by atoms with Gasteiger partial charge >= 0.3 is 0 Å². The van der Waals surface area contributed by atoms with Gasteiger partial charge < -0.3 is 5.73 Å². The van der Waals surface area contributed by atoms with Gasteiger partial charge in [0.2, 0.25) is 0 Å². The minimum absolute atomic E-state index is 0.459. The number of aryl methyl sites for hydroxylation is 2. The Bertz CT molecular complexity index is 489. The molecule has 0 aromatic carbocycles. The van der Waals surface area contributed by atoms with Crippen molar-refractivity contribution in [1.29, 1.82) is 0 Å². The van der Waals surface area contributed by atoms with Crippen LogP contribution in [0.2, 0.25) is 0 Å². The maximum absolute atomic E-state index is 5.63. The molecular weight excluding hydrogens is 202 g/mol. The van der Waals surface area contributed by atoms with E-state index >= 15 is 0 Å². The maximum Gasteiger partial charge on any atom is 0.252 e. The summed E-state index contributed by atoms with van der Waals surface area (Å²) in [4.78, 5) is 8.34. The molecule has 2 N–H and O–H groups in total. The Morgan fingerprint density at radius 3 is 2.75 bits per heavy atom. The second-order valence-corrected chi connectivity index (χ2v) is 3.53. The number of anilines is 1. The van der Waals surface area contributed by atoms with Crippen molar-refractivity contribution in [3.63, 3.8) is 0 Å². The van der Waals surface area contributed by atoms with E-state index in [0.29, 0.717) is 11.8 Å². The van der Waals surface area contributed by atoms with Gasteiger partial charge in [0.15, 0.2) is 0 Å². The average Bonchev–Trinajstić information content (AvgIpc) is 2.72. The predicted molar refractivity (Wildman–Crippen MR) is 62.3 cm³/mol. The Morgan fingerprint density at radius 1 is 1.31 bits per heavy atom. The molecule has 5 nitrogen and oxygen atoms in total. The number of nitrogen functional groups attached to an aromatic ring is 1. The van der Waals surface area contributed by atoms with Crippen LogP contribution >= 0.6 is 0 Å². The highest BCUT2D eigenvalue weighted by Gasteiger charge is 2.09. The summed E-state index contributed by atoms with van der Waals surface area (Å²) in [6.45, 7) is 4.16. The van der Waals surface area contributed by atoms with Gasteiger partial charge in [-0.3, -0.25) is 0 Å². The Labute approximate surface area is 94.3 Å². The molecule has 0 atom stereocenters. The summed E-state index contributed by atoms with van der Waals surface area (Å²) < 4.78 is 1.76. The summed E-state index contributed by atoms with van der Waals surface area (Å²) >= 11 is 0. The fraction of sp³-hybridized carbons (Fsp3) is 0.364. The van der Waals surface area contributed by atoms with Crippen LogP contribution in [0.25, 0.3) is 5.95 Å². The van der Waals surface area contributed by atoms with E-state index in [1.165, 1.54) is 0 Å². The van der Waals surface area contributed by atoms with Crippen LogP contribution in [0.15, 0.2) is 18.3 Å². The quantitative estimate of drug-likeness (QED) is 0.843. The number of rotatable bonds is 3. The first kappa shape index (κ1) is 10.6. The highest BCUT2D eigenvalue weighted by Crippen LogP contribution is 2.11. The zero-order valence-corrected chi connectivity index (χ0v) is 9.51. The molecule has 0 aliphatic rings. The van der Waals surface area contributed by atoms with Crippen molar-refractivity contribution in [2.45, 2.75) is 26.7 Å². The smallest absolute Gasteiger partial charge is 0.252 e. The number of hydrogen-bond donors (Lipinski definition) is 1. The molecule has 0 fully saturated rings. The molecule has 0 unspecified atom stereocenters. The fourth-order valence-electron chi connectivity index (χ4n) is 1.54. The van der Waals surface area contributed by atoms with Gasteiger partial charge in [-0.15, -0.1) is 0 Å². The molecule has 16 heavy (non-hydrogen) atoms. The van der Waals surface area contributed by atoms with E-state index in [0.717, 1.165) is 24.2 Å². The molecule has 2 rings (SSSR count). The van der Waals surface area contributed by atoms with Crippen molar-refractivity contribution < 1.29 is 0 Å². The van der Waals surface area contributed by atoms with Crippen LogP contribution < -0.4 is 5.73 Å². The maximum atomic E-state index is 5.63. The minimum Gasteiger partial charge on any atom is -0.384 e. The van der Waals surface area contributed by atoms with Crippen molar-refractivity contribution in [1.82, 2.24) is 19.7 Å². The van der Waals surface area contributed by atoms with E-state index in [9.17, 15) is 0 Å². The minimum atomic E-state index is 0.459. The second kappa shape index (κ2) is 4.30. The first-order valence-electron chi connectivity index (χ1n) is 5.41. The molecule has 5 heteroatoms. The SMILES string of the molecule is CCc1cc(CC)n(-c2nccc(N)n2)n1. The van der Waals surface area contributed by atoms with E-state index in [4.69, 9.17) is 5.73 Å². The first-order chi connectivity index (χ1) is 7.74. The van der Waals surface area contributed by atoms with E-state index in [-0.39, 0.29) is 0 Å². The molecular formula is C11H15N5. The monoisotopic (exact) mass is 217 g/mol. The van der Waals surface area contributed by atoms with Crippen LogP contribution in [-0.2, 0) is 12.8 Å². The zero-order valence-electron chi connectivity index (χ0n) is 9.51. The third-order valence-corrected chi connectivity index (χ3v) is 2.41. The standard InChI is InChI=1S/C11H15N5/c1-3-8-7-9(4-2)16(15-8)11-13-6-5-10(12)14-11/h5-7H,3-4H2,1-2H3,(H2,12,13,14). The molecule has 0 amide bonds. The third kappa shape index (κ3) is 1.88. The summed E-state index contributed by atoms with van der Waals surface area (Å²) in [7, 11) is 0. The van der Waals surface area contributed by atoms with Gasteiger partial charge in [0, 0.05) is 11.9 Å². The summed E-state index contributed by atoms with van der Waals surface area (Å²) in [6.07, 6.45) is 3.44. The average molecular weight is 217 g/mol. The fourth-order valence-corrected chi connectivity index (χ4v) is 1.54. The van der Waals surface area contributed by atoms with Gasteiger partial charge in [-0.05, 0) is 25.0 Å². The number of nitrogens with two attached hydrogens (primary N) is 1. The molecule has 0 radical (unpaired) electrons. The van der Waals surface area contributed by atoms with Crippen molar-refractivity contribution in [2.24, 2.45) is 0 Å². The predicted octanol–water partition coefficient (Wildman–Crippen LogP) is 1.37. The van der Waals surface area contributed by atoms with Crippen molar-refractivity contribution in [3.8, 4) is 5.95 Å². The molecule has 2 aromatic heterocycles. The zero-order chi connectivity index (χ0) is 11.5. The van der Waals surface area contributed by atoms with Gasteiger partial charge in [0.1, 0.15) is 5.82 Å². The molecule has 0 aliphatic heterocycles. The molecule has 0 bridgehead atoms. The molecule has 2 heterocycles. The highest BCUT2D eigenvalue weighted by molar-refractivity contribution is 5.30. The lowest BCUT2D eigenvalue weighted by atomic mass is 10.3. The topological polar surface area (TPSA) is 69.6 Å². The highest BCUT2D eigenvalue weighted by atomic mass is 15.4. The Hall–Kier alpha value is -1.91. The van der Waals surface area contributed by atoms with E-state index in [1.54, 1.807) is 16.9 Å². The normalized spacial score (nSPS) is 10.6. The molecule has 0 spiro atoms. The Morgan fingerprint density at radius 2 is 2.12 bits per heavy atom. The van der Waals surface area contributed by atoms with E-state index in [2.05, 4.69) is 35.0 Å². The summed E-state index contributed by atoms with van der Waals surface area (Å²) in [5.41, 5.74) is 7.78. The summed E-state index contributed by atoms with van der Waals surface area (Å²) in [5.74, 6) is 0.997. The van der Waals surface area contributed by atoms with Crippen molar-refractivity contribution >= 4 is 5.82 Å². The van der Waals surface area contributed by atoms with E-state index < -0.39 is 0 Å². The Kier molecular flexibility index (Phi) is 2.85. The van der Waals surface area contributed by atoms with Crippen LogP contribution in [0, 0.1) is 0 Å². The van der Waals surface area contributed by atoms with Gasteiger partial charge in [0.25, 0.3) is 5.95 Å². The van der Waals surface area contributed by atoms with Crippen molar-refractivity contribution in [3.05, 3.63) is 29.7 Å². The molecule has 2 aromatic rings. The summed E-state index contributed by atoms with van der Waals surface area (Å²) in [5, 5.41) is 4.45. The second-order valence-electron chi connectivity index (χ2n) is 3.53. The number of hydrogen-bond acceptors (Lipinski definition) is 4. The largest absolute Gasteiger partial charge is 0.384 e. The van der Waals surface area contributed by atoms with Crippen molar-refractivity contribution in [2.75, 3.05) is 5.73 Å². The Balaban J connectivity index is 2.50. The molecule has 84 valence electrons. The van der Waals surface area contributed by atoms with Crippen LogP contribution in [0.1, 0.15) is 25.2 Å². The van der Waals surface area contributed by atoms with E-state index in [1.807, 2.05) is 0 Å². The van der Waals surface area contributed by atoms with Gasteiger partial charge in [-0.2, -0.15) is 10.1 Å². The van der Waals surface area contributed by atoms with Gasteiger partial charge in [0.05, 0.1) is 5.69 Å². The van der Waals surface area contributed by atoms with Crippen LogP contribution in [0.3, 0.4) is 0 Å². The molecule has 0 aliphatic carbocycles. The molecule has 0 saturated heterocycles. The van der Waals surface area contributed by atoms with Crippen LogP contribution in [0.5, 0.6) is 0 Å². The lowest BCUT2D eigenvalue weighted by Gasteiger charge is -2.03. The lowest BCUT2D eigenvalue weighted by molar-refractivity contribution is 0.747. The first-order valence-corrected chi connectivity index (χ1v) is 5.41. The van der Waals surface area contributed by atoms with Gasteiger partial charge in [-0.25, -0.2) is 9.67 Å². The number of nitrogens with zero attached hydrogens (tertiary/aromatic N) is 4. The summed E-state index contributed by atoms with van der Waals surface area (Å²) in [6, 6.07) is 3.74.